The number of carbonyl (C=O) groups is 2. The van der Waals surface area contributed by atoms with Crippen LogP contribution in [0.15, 0.2) is 72.8 Å². The first kappa shape index (κ1) is 33.6. The summed E-state index contributed by atoms with van der Waals surface area (Å²) >= 11 is 12.5. The van der Waals surface area contributed by atoms with Crippen LogP contribution in [0.5, 0.6) is 5.75 Å². The van der Waals surface area contributed by atoms with Gasteiger partial charge in [-0.1, -0.05) is 91.0 Å². The molecule has 1 saturated carbocycles. The average molecular weight is 661 g/mol. The standard InChI is InChI=1S/C33H39Cl2N3O5S/c1-3-43-31-17-11-10-16-29(31)38(44(2,41)42)23-32(39)37(22-25-18-19-27(34)28(35)20-25)30(21-24-12-6-4-7-13-24)33(40)36-26-14-8-5-9-15-26/h4,6-7,10-13,16-20,26,30H,3,5,8-9,14-15,21-23H2,1-2H3,(H,36,40)/t30-/m1/s1. The first-order valence-electron chi connectivity index (χ1n) is 14.8. The van der Waals surface area contributed by atoms with Crippen molar-refractivity contribution in [2.24, 2.45) is 0 Å². The van der Waals surface area contributed by atoms with Crippen LogP contribution in [0.3, 0.4) is 0 Å². The van der Waals surface area contributed by atoms with Crippen molar-refractivity contribution < 1.29 is 22.7 Å². The monoisotopic (exact) mass is 659 g/mol. The topological polar surface area (TPSA) is 96.0 Å². The van der Waals surface area contributed by atoms with Gasteiger partial charge in [-0.15, -0.1) is 0 Å². The van der Waals surface area contributed by atoms with Crippen molar-refractivity contribution in [1.82, 2.24) is 10.2 Å². The summed E-state index contributed by atoms with van der Waals surface area (Å²) in [7, 11) is -3.93. The summed E-state index contributed by atoms with van der Waals surface area (Å²) in [5.74, 6) is -0.498. The van der Waals surface area contributed by atoms with E-state index in [-0.39, 0.29) is 30.6 Å². The van der Waals surface area contributed by atoms with E-state index in [1.165, 1.54) is 4.90 Å². The van der Waals surface area contributed by atoms with Gasteiger partial charge in [-0.2, -0.15) is 0 Å². The van der Waals surface area contributed by atoms with Crippen molar-refractivity contribution in [1.29, 1.82) is 0 Å². The molecule has 1 N–H and O–H groups in total. The van der Waals surface area contributed by atoms with Crippen LogP contribution in [-0.2, 0) is 32.6 Å². The molecule has 1 atom stereocenters. The van der Waals surface area contributed by atoms with Gasteiger partial charge in [0.15, 0.2) is 0 Å². The molecule has 0 spiro atoms. The van der Waals surface area contributed by atoms with Crippen LogP contribution < -0.4 is 14.4 Å². The molecule has 3 aromatic carbocycles. The van der Waals surface area contributed by atoms with Crippen LogP contribution >= 0.6 is 23.2 Å². The molecule has 1 aliphatic carbocycles. The summed E-state index contributed by atoms with van der Waals surface area (Å²) in [5, 5.41) is 3.86. The lowest BCUT2D eigenvalue weighted by atomic mass is 9.94. The zero-order valence-electron chi connectivity index (χ0n) is 25.0. The smallest absolute Gasteiger partial charge is 0.244 e. The molecule has 0 saturated heterocycles. The Morgan fingerprint density at radius 1 is 0.932 bits per heavy atom. The lowest BCUT2D eigenvalue weighted by Gasteiger charge is -2.35. The summed E-state index contributed by atoms with van der Waals surface area (Å²) in [4.78, 5) is 29.9. The quantitative estimate of drug-likeness (QED) is 0.234. The molecule has 0 bridgehead atoms. The normalized spacial score (nSPS) is 14.5. The molecule has 44 heavy (non-hydrogen) atoms. The van der Waals surface area contributed by atoms with Crippen LogP contribution in [-0.4, -0.2) is 56.6 Å². The van der Waals surface area contributed by atoms with Crippen molar-refractivity contribution in [2.75, 3.05) is 23.7 Å². The summed E-state index contributed by atoms with van der Waals surface area (Å²) in [6.07, 6.45) is 6.23. The minimum Gasteiger partial charge on any atom is -0.492 e. The second-order valence-electron chi connectivity index (χ2n) is 11.0. The van der Waals surface area contributed by atoms with E-state index in [0.717, 1.165) is 48.2 Å². The Labute approximate surface area is 270 Å². The van der Waals surface area contributed by atoms with E-state index in [2.05, 4.69) is 5.32 Å². The summed E-state index contributed by atoms with van der Waals surface area (Å²) in [5.41, 5.74) is 1.76. The Bertz CT molecular complexity index is 1530. The minimum absolute atomic E-state index is 0.00994. The summed E-state index contributed by atoms with van der Waals surface area (Å²) < 4.78 is 33.0. The maximum atomic E-state index is 14.4. The van der Waals surface area contributed by atoms with Crippen LogP contribution in [0.1, 0.15) is 50.2 Å². The molecule has 236 valence electrons. The fraction of sp³-hybridized carbons (Fsp3) is 0.394. The molecule has 4 rings (SSSR count). The third-order valence-corrected chi connectivity index (χ3v) is 9.54. The number of hydrogen-bond acceptors (Lipinski definition) is 5. The second kappa shape index (κ2) is 15.6. The van der Waals surface area contributed by atoms with Crippen LogP contribution in [0.4, 0.5) is 5.69 Å². The Morgan fingerprint density at radius 3 is 2.27 bits per heavy atom. The number of sulfonamides is 1. The number of anilines is 1. The van der Waals surface area contributed by atoms with Crippen molar-refractivity contribution in [3.63, 3.8) is 0 Å². The average Bonchev–Trinajstić information content (AvgIpc) is 3.00. The number of nitrogens with zero attached hydrogens (tertiary/aromatic N) is 2. The molecule has 0 aromatic heterocycles. The maximum Gasteiger partial charge on any atom is 0.244 e. The van der Waals surface area contributed by atoms with Gasteiger partial charge < -0.3 is 15.0 Å². The fourth-order valence-electron chi connectivity index (χ4n) is 5.47. The van der Waals surface area contributed by atoms with Crippen LogP contribution in [0.25, 0.3) is 0 Å². The van der Waals surface area contributed by atoms with E-state index in [1.54, 1.807) is 49.4 Å². The number of amides is 2. The number of para-hydroxylation sites is 2. The van der Waals surface area contributed by atoms with Gasteiger partial charge in [-0.25, -0.2) is 8.42 Å². The molecular weight excluding hydrogens is 621 g/mol. The second-order valence-corrected chi connectivity index (χ2v) is 13.7. The molecule has 0 radical (unpaired) electrons. The number of hydrogen-bond donors (Lipinski definition) is 1. The molecule has 8 nitrogen and oxygen atoms in total. The van der Waals surface area contributed by atoms with Gasteiger partial charge in [-0.3, -0.25) is 13.9 Å². The minimum atomic E-state index is -3.93. The third kappa shape index (κ3) is 9.13. The highest BCUT2D eigenvalue weighted by atomic mass is 35.5. The number of nitrogens with one attached hydrogen (secondary N) is 1. The van der Waals surface area contributed by atoms with Crippen LogP contribution in [0.2, 0.25) is 10.0 Å². The van der Waals surface area contributed by atoms with Crippen molar-refractivity contribution in [2.45, 2.75) is 64.1 Å². The van der Waals surface area contributed by atoms with Gasteiger partial charge in [0.05, 0.1) is 28.6 Å². The van der Waals surface area contributed by atoms with Crippen molar-refractivity contribution in [3.05, 3.63) is 94.0 Å². The number of benzene rings is 3. The molecule has 0 heterocycles. The highest BCUT2D eigenvalue weighted by molar-refractivity contribution is 7.92. The first-order valence-corrected chi connectivity index (χ1v) is 17.4. The third-order valence-electron chi connectivity index (χ3n) is 7.67. The van der Waals surface area contributed by atoms with Crippen molar-refractivity contribution in [3.8, 4) is 5.75 Å². The van der Waals surface area contributed by atoms with E-state index >= 15 is 0 Å². The van der Waals surface area contributed by atoms with E-state index in [1.807, 2.05) is 30.3 Å². The van der Waals surface area contributed by atoms with E-state index < -0.39 is 28.5 Å². The van der Waals surface area contributed by atoms with Gasteiger partial charge in [0.2, 0.25) is 21.8 Å². The lowest BCUT2D eigenvalue weighted by Crippen LogP contribution is -2.55. The number of ether oxygens (including phenoxy) is 1. The number of carbonyl (C=O) groups excluding carboxylic acids is 2. The van der Waals surface area contributed by atoms with E-state index in [9.17, 15) is 18.0 Å². The first-order chi connectivity index (χ1) is 21.1. The predicted molar refractivity (Wildman–Crippen MR) is 176 cm³/mol. The van der Waals surface area contributed by atoms with Gasteiger partial charge in [0, 0.05) is 19.0 Å². The zero-order chi connectivity index (χ0) is 31.7. The molecule has 11 heteroatoms. The van der Waals surface area contributed by atoms with Crippen LogP contribution in [0, 0.1) is 0 Å². The van der Waals surface area contributed by atoms with Gasteiger partial charge >= 0.3 is 0 Å². The maximum absolute atomic E-state index is 14.4. The molecule has 1 aliphatic rings. The van der Waals surface area contributed by atoms with Crippen molar-refractivity contribution >= 4 is 50.7 Å². The van der Waals surface area contributed by atoms with Gasteiger partial charge in [0.25, 0.3) is 0 Å². The largest absolute Gasteiger partial charge is 0.492 e. The molecule has 2 amide bonds. The molecular formula is C33H39Cl2N3O5S. The Balaban J connectivity index is 1.75. The number of rotatable bonds is 13. The Kier molecular flexibility index (Phi) is 11.9. The summed E-state index contributed by atoms with van der Waals surface area (Å²) in [6, 6.07) is 20.3. The van der Waals surface area contributed by atoms with E-state index in [4.69, 9.17) is 27.9 Å². The molecule has 1 fully saturated rings. The van der Waals surface area contributed by atoms with E-state index in [0.29, 0.717) is 28.0 Å². The lowest BCUT2D eigenvalue weighted by molar-refractivity contribution is -0.140. The Morgan fingerprint density at radius 2 is 1.61 bits per heavy atom. The fourth-order valence-corrected chi connectivity index (χ4v) is 6.64. The number of halogens is 2. The predicted octanol–water partition coefficient (Wildman–Crippen LogP) is 6.25. The molecule has 0 unspecified atom stereocenters. The molecule has 3 aromatic rings. The van der Waals surface area contributed by atoms with Gasteiger partial charge in [-0.05, 0) is 55.2 Å². The zero-order valence-corrected chi connectivity index (χ0v) is 27.4. The van der Waals surface area contributed by atoms with Gasteiger partial charge in [0.1, 0.15) is 18.3 Å². The summed E-state index contributed by atoms with van der Waals surface area (Å²) in [6.45, 7) is 1.58. The SMILES string of the molecule is CCOc1ccccc1N(CC(=O)N(Cc1ccc(Cl)c(Cl)c1)[C@H](Cc1ccccc1)C(=O)NC1CCCCC1)S(C)(=O)=O. The highest BCUT2D eigenvalue weighted by Crippen LogP contribution is 2.31. The molecule has 0 aliphatic heterocycles. The highest BCUT2D eigenvalue weighted by Gasteiger charge is 2.34. The Hall–Kier alpha value is -3.27.